The van der Waals surface area contributed by atoms with E-state index in [1.54, 1.807) is 0 Å². The molecule has 1 atom stereocenters. The van der Waals surface area contributed by atoms with Gasteiger partial charge >= 0.3 is 0 Å². The summed E-state index contributed by atoms with van der Waals surface area (Å²) in [5, 5.41) is 0.664. The summed E-state index contributed by atoms with van der Waals surface area (Å²) in [4.78, 5) is 4.16. The molecule has 0 bridgehead atoms. The number of hydrogen-bond acceptors (Lipinski definition) is 3. The predicted octanol–water partition coefficient (Wildman–Crippen LogP) is 3.72. The molecule has 0 spiro atoms. The van der Waals surface area contributed by atoms with Crippen molar-refractivity contribution in [1.29, 1.82) is 0 Å². The summed E-state index contributed by atoms with van der Waals surface area (Å²) in [6, 6.07) is 5.74. The van der Waals surface area contributed by atoms with Crippen molar-refractivity contribution in [2.75, 3.05) is 0 Å². The normalized spacial score (nSPS) is 12.7. The van der Waals surface area contributed by atoms with Crippen LogP contribution in [0, 0.1) is 0 Å². The molecule has 20 heavy (non-hydrogen) atoms. The number of nitrogens with zero attached hydrogens (tertiary/aromatic N) is 2. The second kappa shape index (κ2) is 6.29. The minimum Gasteiger partial charge on any atom is -0.487 e. The van der Waals surface area contributed by atoms with Crippen molar-refractivity contribution in [1.82, 2.24) is 9.55 Å². The standard InChI is InChI=1S/C15H20ClN3O/c1-10(2)19-9-18-7-13(19)8-20-15-5-4-12(16)6-14(15)11(3)17/h4-7,9-11H,8,17H2,1-3H3/t11-/m1/s1. The van der Waals surface area contributed by atoms with E-state index in [4.69, 9.17) is 22.1 Å². The first-order chi connectivity index (χ1) is 9.49. The zero-order chi connectivity index (χ0) is 14.7. The number of benzene rings is 1. The van der Waals surface area contributed by atoms with Gasteiger partial charge in [0.1, 0.15) is 12.4 Å². The molecule has 2 N–H and O–H groups in total. The maximum atomic E-state index is 6.00. The van der Waals surface area contributed by atoms with E-state index in [9.17, 15) is 0 Å². The Labute approximate surface area is 124 Å². The van der Waals surface area contributed by atoms with Crippen LogP contribution in [0.3, 0.4) is 0 Å². The number of nitrogens with two attached hydrogens (primary N) is 1. The highest BCUT2D eigenvalue weighted by molar-refractivity contribution is 6.30. The van der Waals surface area contributed by atoms with Gasteiger partial charge in [0.05, 0.1) is 18.2 Å². The lowest BCUT2D eigenvalue weighted by Gasteiger charge is -2.16. The maximum absolute atomic E-state index is 6.00. The van der Waals surface area contributed by atoms with Gasteiger partial charge in [-0.2, -0.15) is 0 Å². The topological polar surface area (TPSA) is 53.1 Å². The van der Waals surface area contributed by atoms with Gasteiger partial charge in [-0.25, -0.2) is 4.98 Å². The Bertz CT molecular complexity index is 578. The molecular formula is C15H20ClN3O. The van der Waals surface area contributed by atoms with Crippen LogP contribution >= 0.6 is 11.6 Å². The molecule has 0 saturated carbocycles. The lowest BCUT2D eigenvalue weighted by molar-refractivity contribution is 0.288. The van der Waals surface area contributed by atoms with Crippen LogP contribution in [0.25, 0.3) is 0 Å². The molecule has 0 saturated heterocycles. The molecular weight excluding hydrogens is 274 g/mol. The van der Waals surface area contributed by atoms with Gasteiger partial charge in [0.25, 0.3) is 0 Å². The summed E-state index contributed by atoms with van der Waals surface area (Å²) >= 11 is 6.00. The molecule has 0 aliphatic carbocycles. The number of halogens is 1. The Hall–Kier alpha value is -1.52. The van der Waals surface area contributed by atoms with Crippen molar-refractivity contribution in [3.63, 3.8) is 0 Å². The third kappa shape index (κ3) is 3.32. The molecule has 0 radical (unpaired) electrons. The predicted molar refractivity (Wildman–Crippen MR) is 81.0 cm³/mol. The molecule has 4 nitrogen and oxygen atoms in total. The van der Waals surface area contributed by atoms with Gasteiger partial charge in [-0.1, -0.05) is 11.6 Å². The highest BCUT2D eigenvalue weighted by Crippen LogP contribution is 2.28. The van der Waals surface area contributed by atoms with Gasteiger partial charge in [-0.3, -0.25) is 0 Å². The largest absolute Gasteiger partial charge is 0.487 e. The molecule has 0 unspecified atom stereocenters. The van der Waals surface area contributed by atoms with E-state index in [-0.39, 0.29) is 6.04 Å². The third-order valence-electron chi connectivity index (χ3n) is 3.14. The number of rotatable bonds is 5. The van der Waals surface area contributed by atoms with Crippen LogP contribution in [0.4, 0.5) is 0 Å². The van der Waals surface area contributed by atoms with Crippen LogP contribution in [-0.2, 0) is 6.61 Å². The highest BCUT2D eigenvalue weighted by atomic mass is 35.5. The summed E-state index contributed by atoms with van der Waals surface area (Å²) in [5.74, 6) is 0.765. The molecule has 1 heterocycles. The maximum Gasteiger partial charge on any atom is 0.130 e. The summed E-state index contributed by atoms with van der Waals surface area (Å²) in [7, 11) is 0. The van der Waals surface area contributed by atoms with Gasteiger partial charge < -0.3 is 15.0 Å². The monoisotopic (exact) mass is 293 g/mol. The van der Waals surface area contributed by atoms with Gasteiger partial charge in [0.2, 0.25) is 0 Å². The van der Waals surface area contributed by atoms with E-state index >= 15 is 0 Å². The smallest absolute Gasteiger partial charge is 0.130 e. The fraction of sp³-hybridized carbons (Fsp3) is 0.400. The summed E-state index contributed by atoms with van der Waals surface area (Å²) in [6.45, 7) is 6.60. The lowest BCUT2D eigenvalue weighted by atomic mass is 10.1. The van der Waals surface area contributed by atoms with Crippen molar-refractivity contribution < 1.29 is 4.74 Å². The Kier molecular flexibility index (Phi) is 4.68. The Balaban J connectivity index is 2.17. The van der Waals surface area contributed by atoms with Gasteiger partial charge in [-0.05, 0) is 39.0 Å². The van der Waals surface area contributed by atoms with Gasteiger partial charge in [0.15, 0.2) is 0 Å². The van der Waals surface area contributed by atoms with Crippen molar-refractivity contribution >= 4 is 11.6 Å². The Morgan fingerprint density at radius 1 is 1.35 bits per heavy atom. The number of ether oxygens (including phenoxy) is 1. The quantitative estimate of drug-likeness (QED) is 0.914. The molecule has 0 amide bonds. The van der Waals surface area contributed by atoms with Crippen LogP contribution in [0.5, 0.6) is 5.75 Å². The zero-order valence-electron chi connectivity index (χ0n) is 12.0. The third-order valence-corrected chi connectivity index (χ3v) is 3.38. The SMILES string of the molecule is CC(C)n1cncc1COc1ccc(Cl)cc1[C@@H](C)N. The molecule has 1 aromatic heterocycles. The summed E-state index contributed by atoms with van der Waals surface area (Å²) < 4.78 is 7.97. The van der Waals surface area contributed by atoms with Crippen molar-refractivity contribution in [2.24, 2.45) is 5.73 Å². The van der Waals surface area contributed by atoms with Crippen LogP contribution in [0.1, 0.15) is 44.1 Å². The van der Waals surface area contributed by atoms with Gasteiger partial charge in [0, 0.05) is 22.7 Å². The Morgan fingerprint density at radius 3 is 2.75 bits per heavy atom. The van der Waals surface area contributed by atoms with Crippen molar-refractivity contribution in [3.8, 4) is 5.75 Å². The molecule has 5 heteroatoms. The molecule has 0 aliphatic rings. The van der Waals surface area contributed by atoms with E-state index in [1.165, 1.54) is 0 Å². The summed E-state index contributed by atoms with van der Waals surface area (Å²) in [6.07, 6.45) is 3.64. The second-order valence-corrected chi connectivity index (χ2v) is 5.58. The zero-order valence-corrected chi connectivity index (χ0v) is 12.8. The van der Waals surface area contributed by atoms with E-state index in [2.05, 4.69) is 23.4 Å². The minimum atomic E-state index is -0.126. The molecule has 1 aromatic carbocycles. The lowest BCUT2D eigenvalue weighted by Crippen LogP contribution is -2.10. The van der Waals surface area contributed by atoms with Gasteiger partial charge in [-0.15, -0.1) is 0 Å². The van der Waals surface area contributed by atoms with Crippen LogP contribution in [-0.4, -0.2) is 9.55 Å². The Morgan fingerprint density at radius 2 is 2.10 bits per heavy atom. The van der Waals surface area contributed by atoms with Crippen LogP contribution < -0.4 is 10.5 Å². The second-order valence-electron chi connectivity index (χ2n) is 5.15. The first kappa shape index (κ1) is 14.9. The number of hydrogen-bond donors (Lipinski definition) is 1. The first-order valence-electron chi connectivity index (χ1n) is 6.67. The molecule has 2 aromatic rings. The summed E-state index contributed by atoms with van der Waals surface area (Å²) in [5.41, 5.74) is 7.90. The van der Waals surface area contributed by atoms with E-state index in [0.717, 1.165) is 17.0 Å². The van der Waals surface area contributed by atoms with Crippen LogP contribution in [0.2, 0.25) is 5.02 Å². The average molecular weight is 294 g/mol. The highest BCUT2D eigenvalue weighted by Gasteiger charge is 2.11. The molecule has 2 rings (SSSR count). The fourth-order valence-electron chi connectivity index (χ4n) is 2.07. The van der Waals surface area contributed by atoms with E-state index in [0.29, 0.717) is 17.7 Å². The number of imidazole rings is 1. The first-order valence-corrected chi connectivity index (χ1v) is 7.05. The van der Waals surface area contributed by atoms with Crippen LogP contribution in [0.15, 0.2) is 30.7 Å². The fourth-order valence-corrected chi connectivity index (χ4v) is 2.25. The van der Waals surface area contributed by atoms with E-state index < -0.39 is 0 Å². The molecule has 0 fully saturated rings. The number of aromatic nitrogens is 2. The minimum absolute atomic E-state index is 0.126. The molecule has 108 valence electrons. The van der Waals surface area contributed by atoms with E-state index in [1.807, 2.05) is 37.6 Å². The average Bonchev–Trinajstić information content (AvgIpc) is 2.85. The molecule has 0 aliphatic heterocycles. The van der Waals surface area contributed by atoms with Crippen molar-refractivity contribution in [3.05, 3.63) is 47.0 Å². The van der Waals surface area contributed by atoms with Crippen molar-refractivity contribution in [2.45, 2.75) is 39.5 Å².